The highest BCUT2D eigenvalue weighted by Gasteiger charge is 1.97. The molecule has 0 spiro atoms. The number of alkyl halides is 1. The first-order valence-corrected chi connectivity index (χ1v) is 2.96. The van der Waals surface area contributed by atoms with Crippen molar-refractivity contribution in [1.82, 2.24) is 5.32 Å². The van der Waals surface area contributed by atoms with Gasteiger partial charge in [-0.1, -0.05) is 6.08 Å². The van der Waals surface area contributed by atoms with Crippen LogP contribution in [0.1, 0.15) is 6.42 Å². The van der Waals surface area contributed by atoms with Crippen LogP contribution in [0.2, 0.25) is 0 Å². The zero-order valence-electron chi connectivity index (χ0n) is 4.08. The molecule has 0 aromatic carbocycles. The second kappa shape index (κ2) is 2.22. The van der Waals surface area contributed by atoms with Crippen molar-refractivity contribution in [3.05, 3.63) is 11.8 Å². The Morgan fingerprint density at radius 2 is 2.71 bits per heavy atom. The third-order valence-electron chi connectivity index (χ3n) is 1.03. The van der Waals surface area contributed by atoms with Crippen LogP contribution in [0.25, 0.3) is 0 Å². The predicted molar refractivity (Wildman–Crippen MR) is 31.4 cm³/mol. The van der Waals surface area contributed by atoms with E-state index in [1.54, 1.807) is 0 Å². The normalized spacial score (nSPS) is 18.7. The molecule has 0 bridgehead atoms. The summed E-state index contributed by atoms with van der Waals surface area (Å²) in [5.74, 6) is 0.639. The minimum atomic E-state index is 0.639. The SMILES string of the molecule is ClCC1=CCCN1. The topological polar surface area (TPSA) is 12.0 Å². The van der Waals surface area contributed by atoms with Gasteiger partial charge in [0.2, 0.25) is 0 Å². The second-order valence-electron chi connectivity index (χ2n) is 1.58. The molecule has 1 aliphatic heterocycles. The lowest BCUT2D eigenvalue weighted by molar-refractivity contribution is 0.877. The number of hydrogen-bond acceptors (Lipinski definition) is 1. The second-order valence-corrected chi connectivity index (χ2v) is 1.85. The summed E-state index contributed by atoms with van der Waals surface area (Å²) < 4.78 is 0. The number of hydrogen-bond donors (Lipinski definition) is 1. The summed E-state index contributed by atoms with van der Waals surface area (Å²) in [5, 5.41) is 3.14. The molecule has 1 nitrogen and oxygen atoms in total. The number of rotatable bonds is 1. The molecule has 0 radical (unpaired) electrons. The Balaban J connectivity index is 2.36. The van der Waals surface area contributed by atoms with Crippen molar-refractivity contribution in [3.8, 4) is 0 Å². The van der Waals surface area contributed by atoms with E-state index in [1.165, 1.54) is 5.70 Å². The minimum absolute atomic E-state index is 0.639. The van der Waals surface area contributed by atoms with Crippen molar-refractivity contribution in [2.75, 3.05) is 12.4 Å². The van der Waals surface area contributed by atoms with E-state index in [9.17, 15) is 0 Å². The highest BCUT2D eigenvalue weighted by molar-refractivity contribution is 6.19. The molecule has 2 heteroatoms. The molecule has 1 aliphatic rings. The zero-order chi connectivity index (χ0) is 5.11. The predicted octanol–water partition coefficient (Wildman–Crippen LogP) is 1.10. The molecule has 0 aromatic rings. The van der Waals surface area contributed by atoms with Crippen molar-refractivity contribution in [1.29, 1.82) is 0 Å². The van der Waals surface area contributed by atoms with Gasteiger partial charge in [0.1, 0.15) is 0 Å². The van der Waals surface area contributed by atoms with Crippen LogP contribution in [-0.2, 0) is 0 Å². The summed E-state index contributed by atoms with van der Waals surface area (Å²) in [6.07, 6.45) is 3.27. The van der Waals surface area contributed by atoms with Gasteiger partial charge in [-0.05, 0) is 6.42 Å². The lowest BCUT2D eigenvalue weighted by atomic mass is 10.4. The van der Waals surface area contributed by atoms with Gasteiger partial charge >= 0.3 is 0 Å². The molecule has 0 atom stereocenters. The molecule has 0 amide bonds. The fourth-order valence-electron chi connectivity index (χ4n) is 0.653. The maximum absolute atomic E-state index is 5.48. The van der Waals surface area contributed by atoms with Gasteiger partial charge in [-0.15, -0.1) is 11.6 Å². The standard InChI is InChI=1S/C5H8ClN/c6-4-5-2-1-3-7-5/h2,7H,1,3-4H2. The van der Waals surface area contributed by atoms with Crippen LogP contribution in [0, 0.1) is 0 Å². The molecule has 0 fully saturated rings. The van der Waals surface area contributed by atoms with Gasteiger partial charge in [0.15, 0.2) is 0 Å². The molecule has 1 heterocycles. The minimum Gasteiger partial charge on any atom is -0.387 e. The van der Waals surface area contributed by atoms with Crippen molar-refractivity contribution < 1.29 is 0 Å². The molecule has 1 N–H and O–H groups in total. The first kappa shape index (κ1) is 4.98. The number of allylic oxidation sites excluding steroid dienone is 1. The van der Waals surface area contributed by atoms with E-state index >= 15 is 0 Å². The Hall–Kier alpha value is -0.170. The summed E-state index contributed by atoms with van der Waals surface area (Å²) in [6.45, 7) is 1.07. The molecular formula is C5H8ClN. The number of nitrogens with one attached hydrogen (secondary N) is 1. The Morgan fingerprint density at radius 1 is 1.86 bits per heavy atom. The van der Waals surface area contributed by atoms with Crippen LogP contribution < -0.4 is 5.32 Å². The lowest BCUT2D eigenvalue weighted by Gasteiger charge is -1.93. The Labute approximate surface area is 48.4 Å². The van der Waals surface area contributed by atoms with Gasteiger partial charge < -0.3 is 5.32 Å². The fraction of sp³-hybridized carbons (Fsp3) is 0.600. The maximum Gasteiger partial charge on any atom is 0.0618 e. The van der Waals surface area contributed by atoms with Crippen LogP contribution in [-0.4, -0.2) is 12.4 Å². The fourth-order valence-corrected chi connectivity index (χ4v) is 0.857. The summed E-state index contributed by atoms with van der Waals surface area (Å²) in [6, 6.07) is 0. The van der Waals surface area contributed by atoms with Gasteiger partial charge in [0, 0.05) is 12.2 Å². The van der Waals surface area contributed by atoms with Crippen LogP contribution >= 0.6 is 11.6 Å². The molecule has 0 aromatic heterocycles. The smallest absolute Gasteiger partial charge is 0.0618 e. The average molecular weight is 118 g/mol. The average Bonchev–Trinajstić information content (AvgIpc) is 2.14. The largest absolute Gasteiger partial charge is 0.387 e. The third-order valence-corrected chi connectivity index (χ3v) is 1.32. The van der Waals surface area contributed by atoms with Crippen molar-refractivity contribution in [2.24, 2.45) is 0 Å². The van der Waals surface area contributed by atoms with Crippen LogP contribution in [0.5, 0.6) is 0 Å². The van der Waals surface area contributed by atoms with Crippen molar-refractivity contribution >= 4 is 11.6 Å². The van der Waals surface area contributed by atoms with Crippen LogP contribution in [0.4, 0.5) is 0 Å². The van der Waals surface area contributed by atoms with Crippen LogP contribution in [0.15, 0.2) is 11.8 Å². The summed E-state index contributed by atoms with van der Waals surface area (Å²) in [7, 11) is 0. The highest BCUT2D eigenvalue weighted by atomic mass is 35.5. The van der Waals surface area contributed by atoms with E-state index in [0.29, 0.717) is 5.88 Å². The van der Waals surface area contributed by atoms with E-state index in [4.69, 9.17) is 11.6 Å². The molecular weight excluding hydrogens is 110 g/mol. The van der Waals surface area contributed by atoms with Gasteiger partial charge in [0.05, 0.1) is 5.88 Å². The molecule has 0 aliphatic carbocycles. The molecule has 7 heavy (non-hydrogen) atoms. The summed E-state index contributed by atoms with van der Waals surface area (Å²) in [4.78, 5) is 0. The first-order chi connectivity index (χ1) is 3.43. The first-order valence-electron chi connectivity index (χ1n) is 2.42. The molecule has 0 saturated carbocycles. The van der Waals surface area contributed by atoms with Crippen molar-refractivity contribution in [3.63, 3.8) is 0 Å². The summed E-state index contributed by atoms with van der Waals surface area (Å²) >= 11 is 5.48. The molecule has 0 unspecified atom stereocenters. The van der Waals surface area contributed by atoms with E-state index in [0.717, 1.165) is 13.0 Å². The quantitative estimate of drug-likeness (QED) is 0.508. The molecule has 0 saturated heterocycles. The van der Waals surface area contributed by atoms with Crippen molar-refractivity contribution in [2.45, 2.75) is 6.42 Å². The Kier molecular flexibility index (Phi) is 1.58. The van der Waals surface area contributed by atoms with Gasteiger partial charge in [-0.2, -0.15) is 0 Å². The van der Waals surface area contributed by atoms with E-state index in [-0.39, 0.29) is 0 Å². The summed E-state index contributed by atoms with van der Waals surface area (Å²) in [5.41, 5.74) is 1.18. The van der Waals surface area contributed by atoms with E-state index in [2.05, 4.69) is 11.4 Å². The number of halogens is 1. The molecule has 40 valence electrons. The van der Waals surface area contributed by atoms with Crippen LogP contribution in [0.3, 0.4) is 0 Å². The third kappa shape index (κ3) is 1.10. The molecule has 1 rings (SSSR count). The van der Waals surface area contributed by atoms with Gasteiger partial charge in [-0.3, -0.25) is 0 Å². The maximum atomic E-state index is 5.48. The van der Waals surface area contributed by atoms with Gasteiger partial charge in [0.25, 0.3) is 0 Å². The monoisotopic (exact) mass is 117 g/mol. The zero-order valence-corrected chi connectivity index (χ0v) is 4.83. The Morgan fingerprint density at radius 3 is 3.00 bits per heavy atom. The Bertz CT molecular complexity index is 88.1. The van der Waals surface area contributed by atoms with E-state index in [1.807, 2.05) is 0 Å². The van der Waals surface area contributed by atoms with Gasteiger partial charge in [-0.25, -0.2) is 0 Å². The lowest BCUT2D eigenvalue weighted by Crippen LogP contribution is -2.07. The van der Waals surface area contributed by atoms with E-state index < -0.39 is 0 Å². The highest BCUT2D eigenvalue weighted by Crippen LogP contribution is 2.01.